The summed E-state index contributed by atoms with van der Waals surface area (Å²) >= 11 is 1.67. The molecule has 16 heavy (non-hydrogen) atoms. The van der Waals surface area contributed by atoms with Gasteiger partial charge in [0.05, 0.1) is 0 Å². The molecular weight excluding hydrogens is 221 g/mol. The summed E-state index contributed by atoms with van der Waals surface area (Å²) in [4.78, 5) is 0. The van der Waals surface area contributed by atoms with Crippen molar-refractivity contribution < 1.29 is 4.39 Å². The topological polar surface area (TPSA) is 26.0 Å². The lowest BCUT2D eigenvalue weighted by molar-refractivity contribution is 0.398. The number of allylic oxidation sites excluding steroid dienone is 4. The van der Waals surface area contributed by atoms with Gasteiger partial charge in [-0.25, -0.2) is 4.39 Å². The lowest BCUT2D eigenvalue weighted by Crippen LogP contribution is -2.11. The van der Waals surface area contributed by atoms with Crippen molar-refractivity contribution in [2.75, 3.05) is 6.54 Å². The fourth-order valence-electron chi connectivity index (χ4n) is 2.06. The van der Waals surface area contributed by atoms with Crippen LogP contribution in [0.5, 0.6) is 0 Å². The highest BCUT2D eigenvalue weighted by molar-refractivity contribution is 7.08. The van der Waals surface area contributed by atoms with E-state index < -0.39 is 6.17 Å². The van der Waals surface area contributed by atoms with Crippen LogP contribution in [0.15, 0.2) is 40.6 Å². The maximum atomic E-state index is 13.3. The third kappa shape index (κ3) is 2.60. The Morgan fingerprint density at radius 3 is 3.06 bits per heavy atom. The Morgan fingerprint density at radius 1 is 1.56 bits per heavy atom. The standard InChI is InChI=1S/C13H16FNS/c14-12-3-1-2-10(8-12)13(4-6-15)11-5-7-16-9-11/h1-2,5,7-9,12-13H,3-4,6,15H2. The second-order valence-electron chi connectivity index (χ2n) is 4.01. The predicted octanol–water partition coefficient (Wildman–Crippen LogP) is 3.40. The summed E-state index contributed by atoms with van der Waals surface area (Å²) in [6, 6.07) is 2.10. The first-order chi connectivity index (χ1) is 7.81. The molecule has 2 N–H and O–H groups in total. The lowest BCUT2D eigenvalue weighted by atomic mass is 9.87. The molecule has 0 aliphatic heterocycles. The van der Waals surface area contributed by atoms with Crippen LogP contribution < -0.4 is 5.73 Å². The summed E-state index contributed by atoms with van der Waals surface area (Å²) in [5, 5.41) is 4.18. The van der Waals surface area contributed by atoms with E-state index in [-0.39, 0.29) is 5.92 Å². The summed E-state index contributed by atoms with van der Waals surface area (Å²) in [6.07, 6.45) is 6.23. The second-order valence-corrected chi connectivity index (χ2v) is 4.79. The zero-order valence-corrected chi connectivity index (χ0v) is 9.92. The van der Waals surface area contributed by atoms with E-state index in [0.29, 0.717) is 13.0 Å². The van der Waals surface area contributed by atoms with Gasteiger partial charge in [-0.1, -0.05) is 12.2 Å². The molecule has 1 aromatic rings. The van der Waals surface area contributed by atoms with Crippen LogP contribution in [0.4, 0.5) is 4.39 Å². The summed E-state index contributed by atoms with van der Waals surface area (Å²) in [5.41, 5.74) is 7.96. The molecular formula is C13H16FNS. The average Bonchev–Trinajstić information content (AvgIpc) is 2.79. The van der Waals surface area contributed by atoms with Gasteiger partial charge in [-0.15, -0.1) is 0 Å². The molecule has 0 fully saturated rings. The second kappa shape index (κ2) is 5.41. The van der Waals surface area contributed by atoms with Crippen molar-refractivity contribution in [3.8, 4) is 0 Å². The Labute approximate surface area is 99.5 Å². The molecule has 0 saturated carbocycles. The van der Waals surface area contributed by atoms with Gasteiger partial charge in [-0.3, -0.25) is 0 Å². The highest BCUT2D eigenvalue weighted by Crippen LogP contribution is 2.32. The van der Waals surface area contributed by atoms with E-state index in [9.17, 15) is 4.39 Å². The Kier molecular flexibility index (Phi) is 3.91. The normalized spacial score (nSPS) is 21.9. The van der Waals surface area contributed by atoms with Crippen molar-refractivity contribution in [3.05, 3.63) is 46.2 Å². The summed E-state index contributed by atoms with van der Waals surface area (Å²) in [6.45, 7) is 0.628. The molecule has 0 amide bonds. The van der Waals surface area contributed by atoms with Crippen LogP contribution in [0.2, 0.25) is 0 Å². The fourth-order valence-corrected chi connectivity index (χ4v) is 2.78. The molecule has 3 heteroatoms. The maximum Gasteiger partial charge on any atom is 0.122 e. The number of nitrogens with two attached hydrogens (primary N) is 1. The fraction of sp³-hybridized carbons (Fsp3) is 0.385. The zero-order valence-electron chi connectivity index (χ0n) is 9.10. The summed E-state index contributed by atoms with van der Waals surface area (Å²) < 4.78 is 13.3. The first kappa shape index (κ1) is 11.6. The molecule has 1 aliphatic carbocycles. The van der Waals surface area contributed by atoms with Crippen molar-refractivity contribution in [1.82, 2.24) is 0 Å². The van der Waals surface area contributed by atoms with E-state index in [1.54, 1.807) is 17.4 Å². The number of thiophene rings is 1. The number of halogens is 1. The van der Waals surface area contributed by atoms with Crippen molar-refractivity contribution >= 4 is 11.3 Å². The Morgan fingerprint density at radius 2 is 2.44 bits per heavy atom. The molecule has 1 aromatic heterocycles. The summed E-state index contributed by atoms with van der Waals surface area (Å²) in [7, 11) is 0. The van der Waals surface area contributed by atoms with E-state index in [1.807, 2.05) is 12.2 Å². The highest BCUT2D eigenvalue weighted by Gasteiger charge is 2.18. The third-order valence-corrected chi connectivity index (χ3v) is 3.55. The van der Waals surface area contributed by atoms with Gasteiger partial charge in [0.25, 0.3) is 0 Å². The van der Waals surface area contributed by atoms with Crippen LogP contribution in [0.1, 0.15) is 24.3 Å². The van der Waals surface area contributed by atoms with E-state index in [4.69, 9.17) is 5.73 Å². The molecule has 0 radical (unpaired) electrons. The van der Waals surface area contributed by atoms with Gasteiger partial charge in [-0.05, 0) is 47.0 Å². The van der Waals surface area contributed by atoms with Crippen LogP contribution in [0.25, 0.3) is 0 Å². The summed E-state index contributed by atoms with van der Waals surface area (Å²) in [5.74, 6) is 0.256. The molecule has 1 heterocycles. The van der Waals surface area contributed by atoms with E-state index in [1.165, 1.54) is 5.56 Å². The number of hydrogen-bond acceptors (Lipinski definition) is 2. The molecule has 2 unspecified atom stereocenters. The van der Waals surface area contributed by atoms with Gasteiger partial charge >= 0.3 is 0 Å². The number of alkyl halides is 1. The minimum Gasteiger partial charge on any atom is -0.330 e. The minimum atomic E-state index is -0.834. The lowest BCUT2D eigenvalue weighted by Gasteiger charge is -2.20. The van der Waals surface area contributed by atoms with E-state index >= 15 is 0 Å². The molecule has 0 aromatic carbocycles. The van der Waals surface area contributed by atoms with Crippen LogP contribution in [-0.2, 0) is 0 Å². The molecule has 0 bridgehead atoms. The van der Waals surface area contributed by atoms with Gasteiger partial charge in [0.1, 0.15) is 6.17 Å². The minimum absolute atomic E-state index is 0.256. The Balaban J connectivity index is 2.23. The van der Waals surface area contributed by atoms with Crippen molar-refractivity contribution in [3.63, 3.8) is 0 Å². The molecule has 2 rings (SSSR count). The van der Waals surface area contributed by atoms with Gasteiger partial charge in [0.15, 0.2) is 0 Å². The van der Waals surface area contributed by atoms with Crippen LogP contribution >= 0.6 is 11.3 Å². The van der Waals surface area contributed by atoms with Crippen molar-refractivity contribution in [2.45, 2.75) is 24.9 Å². The number of hydrogen-bond donors (Lipinski definition) is 1. The van der Waals surface area contributed by atoms with Gasteiger partial charge in [-0.2, -0.15) is 11.3 Å². The quantitative estimate of drug-likeness (QED) is 0.853. The van der Waals surface area contributed by atoms with Crippen LogP contribution in [-0.4, -0.2) is 12.7 Å². The van der Waals surface area contributed by atoms with Gasteiger partial charge in [0, 0.05) is 12.3 Å². The number of rotatable bonds is 4. The van der Waals surface area contributed by atoms with E-state index in [2.05, 4.69) is 16.8 Å². The van der Waals surface area contributed by atoms with Crippen molar-refractivity contribution in [1.29, 1.82) is 0 Å². The smallest absolute Gasteiger partial charge is 0.122 e. The molecule has 1 aliphatic rings. The average molecular weight is 237 g/mol. The molecule has 86 valence electrons. The van der Waals surface area contributed by atoms with Crippen LogP contribution in [0.3, 0.4) is 0 Å². The largest absolute Gasteiger partial charge is 0.330 e. The first-order valence-corrected chi connectivity index (χ1v) is 6.50. The maximum absolute atomic E-state index is 13.3. The molecule has 2 atom stereocenters. The van der Waals surface area contributed by atoms with Gasteiger partial charge < -0.3 is 5.73 Å². The zero-order chi connectivity index (χ0) is 11.4. The Bertz CT molecular complexity index is 381. The van der Waals surface area contributed by atoms with Gasteiger partial charge in [0.2, 0.25) is 0 Å². The van der Waals surface area contributed by atoms with E-state index in [0.717, 1.165) is 12.0 Å². The highest BCUT2D eigenvalue weighted by atomic mass is 32.1. The molecule has 1 nitrogen and oxygen atoms in total. The predicted molar refractivity (Wildman–Crippen MR) is 67.5 cm³/mol. The molecule has 0 saturated heterocycles. The van der Waals surface area contributed by atoms with Crippen molar-refractivity contribution in [2.24, 2.45) is 5.73 Å². The SMILES string of the molecule is NCCC(C1=CC(F)CC=C1)c1ccsc1. The third-order valence-electron chi connectivity index (χ3n) is 2.85. The molecule has 0 spiro atoms. The Hall–Kier alpha value is -0.930. The van der Waals surface area contributed by atoms with Crippen LogP contribution in [0, 0.1) is 0 Å². The first-order valence-electron chi connectivity index (χ1n) is 5.55. The monoisotopic (exact) mass is 237 g/mol.